The van der Waals surface area contributed by atoms with E-state index in [0.717, 1.165) is 0 Å². The molecule has 1 aromatic carbocycles. The van der Waals surface area contributed by atoms with Crippen LogP contribution in [-0.2, 0) is 9.84 Å². The van der Waals surface area contributed by atoms with Crippen LogP contribution >= 0.6 is 11.3 Å². The Hall–Kier alpha value is -1.80. The summed E-state index contributed by atoms with van der Waals surface area (Å²) in [5.41, 5.74) is 0.508. The predicted molar refractivity (Wildman–Crippen MR) is 91.4 cm³/mol. The number of hydrogen-bond donors (Lipinski definition) is 0. The number of nitrogens with zero attached hydrogens (tertiary/aromatic N) is 2. The predicted octanol–water partition coefficient (Wildman–Crippen LogP) is 2.52. The monoisotopic (exact) mass is 368 g/mol. The summed E-state index contributed by atoms with van der Waals surface area (Å²) in [5, 5.41) is 0.657. The molecule has 1 saturated heterocycles. The van der Waals surface area contributed by atoms with Crippen LogP contribution in [0.2, 0.25) is 0 Å². The molecule has 8 heteroatoms. The second kappa shape index (κ2) is 6.25. The summed E-state index contributed by atoms with van der Waals surface area (Å²) < 4.78 is 37.4. The number of sulfone groups is 1. The van der Waals surface area contributed by atoms with Crippen molar-refractivity contribution in [3.8, 4) is 10.4 Å². The van der Waals surface area contributed by atoms with Gasteiger partial charge >= 0.3 is 0 Å². The van der Waals surface area contributed by atoms with Gasteiger partial charge in [-0.3, -0.25) is 4.79 Å². The topological polar surface area (TPSA) is 67.3 Å². The molecule has 1 aliphatic rings. The van der Waals surface area contributed by atoms with E-state index in [0.29, 0.717) is 21.9 Å². The van der Waals surface area contributed by atoms with Crippen LogP contribution in [0.1, 0.15) is 21.9 Å². The van der Waals surface area contributed by atoms with Crippen LogP contribution in [-0.4, -0.2) is 48.8 Å². The normalized spacial score (nSPS) is 19.4. The van der Waals surface area contributed by atoms with E-state index in [2.05, 4.69) is 4.98 Å². The van der Waals surface area contributed by atoms with E-state index in [4.69, 9.17) is 0 Å². The molecule has 1 unspecified atom stereocenters. The minimum atomic E-state index is -3.09. The molecule has 0 bridgehead atoms. The van der Waals surface area contributed by atoms with E-state index in [-0.39, 0.29) is 29.1 Å². The maximum Gasteiger partial charge on any atom is 0.274 e. The highest BCUT2D eigenvalue weighted by Gasteiger charge is 2.34. The summed E-state index contributed by atoms with van der Waals surface area (Å²) in [4.78, 5) is 19.0. The van der Waals surface area contributed by atoms with Crippen molar-refractivity contribution in [3.05, 3.63) is 40.8 Å². The van der Waals surface area contributed by atoms with Gasteiger partial charge in [0.25, 0.3) is 5.91 Å². The van der Waals surface area contributed by atoms with Crippen LogP contribution in [0.4, 0.5) is 4.39 Å². The minimum Gasteiger partial charge on any atom is -0.336 e. The number of halogens is 1. The minimum absolute atomic E-state index is 0.0343. The largest absolute Gasteiger partial charge is 0.336 e. The lowest BCUT2D eigenvalue weighted by molar-refractivity contribution is 0.0743. The van der Waals surface area contributed by atoms with Gasteiger partial charge in [-0.15, -0.1) is 11.3 Å². The molecule has 2 heterocycles. The summed E-state index contributed by atoms with van der Waals surface area (Å²) in [6.45, 7) is 1.76. The zero-order valence-electron chi connectivity index (χ0n) is 13.3. The molecule has 1 aromatic heterocycles. The van der Waals surface area contributed by atoms with Crippen molar-refractivity contribution in [1.82, 2.24) is 9.88 Å². The Morgan fingerprint density at radius 3 is 2.71 bits per heavy atom. The van der Waals surface area contributed by atoms with Crippen LogP contribution in [0.15, 0.2) is 24.3 Å². The van der Waals surface area contributed by atoms with Crippen LogP contribution < -0.4 is 0 Å². The second-order valence-electron chi connectivity index (χ2n) is 5.86. The van der Waals surface area contributed by atoms with Crippen molar-refractivity contribution in [2.45, 2.75) is 19.4 Å². The highest BCUT2D eigenvalue weighted by atomic mass is 32.2. The summed E-state index contributed by atoms with van der Waals surface area (Å²) in [5.74, 6) is -0.736. The highest BCUT2D eigenvalue weighted by molar-refractivity contribution is 7.91. The van der Waals surface area contributed by atoms with Gasteiger partial charge in [-0.2, -0.15) is 0 Å². The van der Waals surface area contributed by atoms with Crippen LogP contribution in [0.3, 0.4) is 0 Å². The van der Waals surface area contributed by atoms with Crippen molar-refractivity contribution in [2.75, 3.05) is 18.6 Å². The van der Waals surface area contributed by atoms with Crippen LogP contribution in [0, 0.1) is 12.7 Å². The molecule has 1 aliphatic heterocycles. The summed E-state index contributed by atoms with van der Waals surface area (Å²) in [7, 11) is -1.51. The third kappa shape index (κ3) is 3.21. The zero-order chi connectivity index (χ0) is 17.5. The average Bonchev–Trinajstić information content (AvgIpc) is 3.09. The van der Waals surface area contributed by atoms with Gasteiger partial charge in [0.2, 0.25) is 0 Å². The Morgan fingerprint density at radius 2 is 2.08 bits per heavy atom. The van der Waals surface area contributed by atoms with Gasteiger partial charge in [0, 0.05) is 18.7 Å². The number of aromatic nitrogens is 1. The van der Waals surface area contributed by atoms with Gasteiger partial charge in [-0.05, 0) is 19.4 Å². The molecule has 0 aliphatic carbocycles. The molecular formula is C16H17FN2O3S2. The number of hydrogen-bond acceptors (Lipinski definition) is 5. The molecule has 1 amide bonds. The first-order chi connectivity index (χ1) is 11.3. The molecule has 128 valence electrons. The number of rotatable bonds is 3. The summed E-state index contributed by atoms with van der Waals surface area (Å²) >= 11 is 1.25. The van der Waals surface area contributed by atoms with E-state index in [9.17, 15) is 17.6 Å². The van der Waals surface area contributed by atoms with Crippen molar-refractivity contribution < 1.29 is 17.6 Å². The molecule has 3 rings (SSSR count). The smallest absolute Gasteiger partial charge is 0.274 e. The van der Waals surface area contributed by atoms with E-state index < -0.39 is 15.7 Å². The third-order valence-corrected chi connectivity index (χ3v) is 6.89. The Balaban J connectivity index is 1.95. The van der Waals surface area contributed by atoms with Crippen molar-refractivity contribution in [1.29, 1.82) is 0 Å². The van der Waals surface area contributed by atoms with Gasteiger partial charge in [-0.25, -0.2) is 17.8 Å². The molecule has 1 fully saturated rings. The number of thiazole rings is 1. The Morgan fingerprint density at radius 1 is 1.38 bits per heavy atom. The lowest BCUT2D eigenvalue weighted by Crippen LogP contribution is -2.38. The van der Waals surface area contributed by atoms with Gasteiger partial charge in [0.1, 0.15) is 11.5 Å². The first-order valence-corrected chi connectivity index (χ1v) is 10.1. The number of amides is 1. The standard InChI is InChI=1S/C16H17FN2O3S2/c1-10-18-14(15(23-10)12-5-3-4-6-13(12)17)16(20)19(2)11-7-8-24(21,22)9-11/h3-6,11H,7-9H2,1-2H3. The highest BCUT2D eigenvalue weighted by Crippen LogP contribution is 2.33. The molecular weight excluding hydrogens is 351 g/mol. The fourth-order valence-corrected chi connectivity index (χ4v) is 5.53. The van der Waals surface area contributed by atoms with Crippen molar-refractivity contribution >= 4 is 27.1 Å². The Kier molecular flexibility index (Phi) is 4.44. The zero-order valence-corrected chi connectivity index (χ0v) is 15.0. The fraction of sp³-hybridized carbons (Fsp3) is 0.375. The average molecular weight is 368 g/mol. The van der Waals surface area contributed by atoms with E-state index in [1.54, 1.807) is 32.2 Å². The number of carbonyl (C=O) groups is 1. The van der Waals surface area contributed by atoms with Gasteiger partial charge in [-0.1, -0.05) is 18.2 Å². The van der Waals surface area contributed by atoms with E-state index in [1.807, 2.05) is 0 Å². The number of benzene rings is 1. The number of carbonyl (C=O) groups excluding carboxylic acids is 1. The lowest BCUT2D eigenvalue weighted by atomic mass is 10.1. The maximum absolute atomic E-state index is 14.1. The number of aryl methyl sites for hydroxylation is 1. The van der Waals surface area contributed by atoms with Crippen LogP contribution in [0.5, 0.6) is 0 Å². The molecule has 5 nitrogen and oxygen atoms in total. The van der Waals surface area contributed by atoms with E-state index >= 15 is 0 Å². The Labute approximate surface area is 144 Å². The van der Waals surface area contributed by atoms with Gasteiger partial charge in [0.15, 0.2) is 9.84 Å². The fourth-order valence-electron chi connectivity index (χ4n) is 2.81. The third-order valence-electron chi connectivity index (χ3n) is 4.13. The van der Waals surface area contributed by atoms with Gasteiger partial charge in [0.05, 0.1) is 21.4 Å². The van der Waals surface area contributed by atoms with E-state index in [1.165, 1.54) is 22.3 Å². The first kappa shape index (κ1) is 17.0. The molecule has 0 N–H and O–H groups in total. The summed E-state index contributed by atoms with van der Waals surface area (Å²) in [6, 6.07) is 5.88. The molecule has 0 radical (unpaired) electrons. The van der Waals surface area contributed by atoms with Gasteiger partial charge < -0.3 is 4.90 Å². The van der Waals surface area contributed by atoms with Crippen molar-refractivity contribution in [2.24, 2.45) is 0 Å². The van der Waals surface area contributed by atoms with Crippen LogP contribution in [0.25, 0.3) is 10.4 Å². The summed E-state index contributed by atoms with van der Waals surface area (Å²) in [6.07, 6.45) is 0.419. The second-order valence-corrected chi connectivity index (χ2v) is 9.30. The molecule has 1 atom stereocenters. The molecule has 2 aromatic rings. The SMILES string of the molecule is Cc1nc(C(=O)N(C)C2CCS(=O)(=O)C2)c(-c2ccccc2F)s1. The quantitative estimate of drug-likeness (QED) is 0.835. The maximum atomic E-state index is 14.1. The van der Waals surface area contributed by atoms with Crippen molar-refractivity contribution in [3.63, 3.8) is 0 Å². The molecule has 24 heavy (non-hydrogen) atoms. The molecule has 0 spiro atoms. The molecule has 0 saturated carbocycles. The Bertz CT molecular complexity index is 892. The lowest BCUT2D eigenvalue weighted by Gasteiger charge is -2.23. The first-order valence-electron chi connectivity index (χ1n) is 7.48.